The van der Waals surface area contributed by atoms with Crippen molar-refractivity contribution in [2.75, 3.05) is 13.1 Å². The van der Waals surface area contributed by atoms with Crippen molar-refractivity contribution in [3.8, 4) is 21.7 Å². The van der Waals surface area contributed by atoms with Gasteiger partial charge in [-0.15, -0.1) is 11.3 Å². The van der Waals surface area contributed by atoms with Crippen LogP contribution in [-0.4, -0.2) is 54.5 Å². The molecule has 34 heavy (non-hydrogen) atoms. The van der Waals surface area contributed by atoms with Crippen LogP contribution in [0, 0.1) is 0 Å². The van der Waals surface area contributed by atoms with E-state index in [1.807, 2.05) is 44.3 Å². The van der Waals surface area contributed by atoms with E-state index in [2.05, 4.69) is 4.98 Å². The molecule has 1 aliphatic heterocycles. The van der Waals surface area contributed by atoms with E-state index < -0.39 is 10.0 Å². The van der Waals surface area contributed by atoms with E-state index in [1.165, 1.54) is 23.5 Å². The Labute approximate surface area is 201 Å². The topological polar surface area (TPSA) is 118 Å². The third-order valence-electron chi connectivity index (χ3n) is 5.79. The van der Waals surface area contributed by atoms with E-state index in [9.17, 15) is 13.2 Å². The number of hydrogen-bond acceptors (Lipinski definition) is 6. The van der Waals surface area contributed by atoms with Gasteiger partial charge >= 0.3 is 0 Å². The van der Waals surface area contributed by atoms with Crippen molar-refractivity contribution in [3.05, 3.63) is 59.7 Å². The first-order chi connectivity index (χ1) is 16.2. The summed E-state index contributed by atoms with van der Waals surface area (Å²) in [5.74, 6) is -0.136. The first-order valence-electron chi connectivity index (χ1n) is 10.9. The number of H-pyrrole nitrogens is 1. The molecular formula is C24H24N4O4S2. The van der Waals surface area contributed by atoms with E-state index in [1.54, 1.807) is 17.0 Å². The largest absolute Gasteiger partial charge is 0.372 e. The number of nitrogens with two attached hydrogens (primary N) is 1. The fourth-order valence-electron chi connectivity index (χ4n) is 4.28. The number of carbonyl (C=O) groups excluding carboxylic acids is 1. The van der Waals surface area contributed by atoms with Gasteiger partial charge in [-0.3, -0.25) is 4.79 Å². The summed E-state index contributed by atoms with van der Waals surface area (Å²) in [6.07, 6.45) is 1.78. The molecular weight excluding hydrogens is 472 g/mol. The quantitative estimate of drug-likeness (QED) is 0.445. The van der Waals surface area contributed by atoms with E-state index in [4.69, 9.17) is 14.9 Å². The second kappa shape index (κ2) is 8.62. The van der Waals surface area contributed by atoms with Gasteiger partial charge in [0.15, 0.2) is 5.01 Å². The minimum Gasteiger partial charge on any atom is -0.372 e. The van der Waals surface area contributed by atoms with Crippen LogP contribution < -0.4 is 5.14 Å². The lowest BCUT2D eigenvalue weighted by Crippen LogP contribution is -2.48. The summed E-state index contributed by atoms with van der Waals surface area (Å²) in [5.41, 5.74) is 3.31. The molecule has 8 nitrogen and oxygen atoms in total. The summed E-state index contributed by atoms with van der Waals surface area (Å²) in [6.45, 7) is 4.92. The molecule has 10 heteroatoms. The van der Waals surface area contributed by atoms with Gasteiger partial charge in [0.25, 0.3) is 5.91 Å². The lowest BCUT2D eigenvalue weighted by Gasteiger charge is -2.34. The summed E-state index contributed by atoms with van der Waals surface area (Å²) >= 11 is 1.30. The van der Waals surface area contributed by atoms with Crippen LogP contribution in [0.1, 0.15) is 23.6 Å². The van der Waals surface area contributed by atoms with E-state index in [0.717, 1.165) is 26.9 Å². The number of hydrogen-bond donors (Lipinski definition) is 2. The Balaban J connectivity index is 1.60. The predicted octanol–water partition coefficient (Wildman–Crippen LogP) is 3.86. The minimum atomic E-state index is -3.80. The average molecular weight is 497 g/mol. The Bertz CT molecular complexity index is 1460. The van der Waals surface area contributed by atoms with Crippen molar-refractivity contribution in [1.29, 1.82) is 0 Å². The van der Waals surface area contributed by atoms with Crippen LogP contribution in [-0.2, 0) is 14.8 Å². The molecule has 3 N–H and O–H groups in total. The molecule has 0 saturated carbocycles. The third-order valence-corrected chi connectivity index (χ3v) is 7.81. The van der Waals surface area contributed by atoms with E-state index >= 15 is 0 Å². The number of nitrogens with zero attached hydrogens (tertiary/aromatic N) is 2. The van der Waals surface area contributed by atoms with Crippen molar-refractivity contribution in [1.82, 2.24) is 14.9 Å². The first kappa shape index (κ1) is 22.7. The molecule has 0 aliphatic carbocycles. The van der Waals surface area contributed by atoms with Crippen LogP contribution >= 0.6 is 11.3 Å². The Hall–Kier alpha value is -3.05. The summed E-state index contributed by atoms with van der Waals surface area (Å²) in [4.78, 5) is 24.0. The molecule has 0 unspecified atom stereocenters. The van der Waals surface area contributed by atoms with Crippen LogP contribution in [0.15, 0.2) is 59.6 Å². The number of ether oxygens (including phenoxy) is 1. The number of nitrogens with one attached hydrogen (secondary N) is 1. The summed E-state index contributed by atoms with van der Waals surface area (Å²) < 4.78 is 29.2. The Morgan fingerprint density at radius 1 is 1.09 bits per heavy atom. The highest BCUT2D eigenvalue weighted by Crippen LogP contribution is 2.38. The van der Waals surface area contributed by atoms with Gasteiger partial charge < -0.3 is 14.6 Å². The molecule has 1 fully saturated rings. The zero-order valence-electron chi connectivity index (χ0n) is 18.7. The maximum absolute atomic E-state index is 13.4. The highest BCUT2D eigenvalue weighted by molar-refractivity contribution is 7.89. The van der Waals surface area contributed by atoms with Crippen LogP contribution in [0.25, 0.3) is 32.6 Å². The maximum Gasteiger partial charge on any atom is 0.283 e. The number of aromatic nitrogens is 2. The monoisotopic (exact) mass is 496 g/mol. The number of sulfonamides is 1. The Kier molecular flexibility index (Phi) is 5.76. The normalized spacial score (nSPS) is 19.0. The average Bonchev–Trinajstić information content (AvgIpc) is 3.44. The standard InChI is InChI=1S/C24H24N4O4S2/c1-14-12-28(13-15(2)32-14)24(29)23-27-21(18-5-8-20-17(11-18)9-10-26-20)22(33-23)16-3-6-19(7-4-16)34(25,30)31/h3-11,14-15,26H,12-13H2,1-2H3,(H2,25,30,31)/t14-,15+. The van der Waals surface area contributed by atoms with Gasteiger partial charge in [0, 0.05) is 35.8 Å². The third kappa shape index (κ3) is 4.37. The second-order valence-electron chi connectivity index (χ2n) is 8.51. The minimum absolute atomic E-state index is 0.0312. The molecule has 3 heterocycles. The SMILES string of the molecule is C[C@@H]1CN(C(=O)c2nc(-c3ccc4[nH]ccc4c3)c(-c3ccc(S(N)(=O)=O)cc3)s2)C[C@H](C)O1. The van der Waals surface area contributed by atoms with Gasteiger partial charge in [-0.1, -0.05) is 18.2 Å². The molecule has 0 bridgehead atoms. The highest BCUT2D eigenvalue weighted by atomic mass is 32.2. The zero-order valence-corrected chi connectivity index (χ0v) is 20.3. The van der Waals surface area contributed by atoms with Gasteiger partial charge in [0.2, 0.25) is 10.0 Å². The van der Waals surface area contributed by atoms with Crippen LogP contribution in [0.3, 0.4) is 0 Å². The van der Waals surface area contributed by atoms with Gasteiger partial charge in [-0.25, -0.2) is 18.5 Å². The second-order valence-corrected chi connectivity index (χ2v) is 11.1. The fourth-order valence-corrected chi connectivity index (χ4v) is 5.85. The molecule has 0 radical (unpaired) electrons. The molecule has 2 aromatic carbocycles. The molecule has 1 saturated heterocycles. The first-order valence-corrected chi connectivity index (χ1v) is 13.2. The Morgan fingerprint density at radius 2 is 1.76 bits per heavy atom. The van der Waals surface area contributed by atoms with Crippen LogP contribution in [0.5, 0.6) is 0 Å². The van der Waals surface area contributed by atoms with Crippen LogP contribution in [0.4, 0.5) is 0 Å². The lowest BCUT2D eigenvalue weighted by atomic mass is 10.1. The van der Waals surface area contributed by atoms with Gasteiger partial charge in [-0.2, -0.15) is 0 Å². The van der Waals surface area contributed by atoms with E-state index in [-0.39, 0.29) is 23.0 Å². The Morgan fingerprint density at radius 3 is 2.44 bits per heavy atom. The number of carbonyl (C=O) groups is 1. The number of benzene rings is 2. The summed E-state index contributed by atoms with van der Waals surface area (Å²) in [7, 11) is -3.80. The predicted molar refractivity (Wildman–Crippen MR) is 132 cm³/mol. The van der Waals surface area contributed by atoms with Gasteiger partial charge in [0.1, 0.15) is 0 Å². The van der Waals surface area contributed by atoms with E-state index in [0.29, 0.717) is 23.8 Å². The van der Waals surface area contributed by atoms with Crippen molar-refractivity contribution in [3.63, 3.8) is 0 Å². The molecule has 2 atom stereocenters. The number of rotatable bonds is 4. The number of primary sulfonamides is 1. The summed E-state index contributed by atoms with van der Waals surface area (Å²) in [5, 5.41) is 6.67. The molecule has 2 aromatic heterocycles. The number of thiazole rings is 1. The zero-order chi connectivity index (χ0) is 24.0. The number of amides is 1. The highest BCUT2D eigenvalue weighted by Gasteiger charge is 2.29. The molecule has 4 aromatic rings. The lowest BCUT2D eigenvalue weighted by molar-refractivity contribution is -0.0586. The smallest absolute Gasteiger partial charge is 0.283 e. The van der Waals surface area contributed by atoms with Crippen molar-refractivity contribution in [2.24, 2.45) is 5.14 Å². The van der Waals surface area contributed by atoms with Crippen LogP contribution in [0.2, 0.25) is 0 Å². The van der Waals surface area contributed by atoms with Gasteiger partial charge in [-0.05, 0) is 49.7 Å². The fraction of sp³-hybridized carbons (Fsp3) is 0.250. The van der Waals surface area contributed by atoms with Crippen molar-refractivity contribution in [2.45, 2.75) is 31.0 Å². The molecule has 5 rings (SSSR count). The summed E-state index contributed by atoms with van der Waals surface area (Å²) in [6, 6.07) is 14.3. The maximum atomic E-state index is 13.4. The molecule has 1 aliphatic rings. The number of aromatic amines is 1. The molecule has 176 valence electrons. The number of fused-ring (bicyclic) bond motifs is 1. The number of morpholine rings is 1. The van der Waals surface area contributed by atoms with Crippen molar-refractivity contribution < 1.29 is 17.9 Å². The van der Waals surface area contributed by atoms with Gasteiger partial charge in [0.05, 0.1) is 27.7 Å². The van der Waals surface area contributed by atoms with Crippen molar-refractivity contribution >= 4 is 38.2 Å². The molecule has 1 amide bonds. The molecule has 0 spiro atoms.